The molecule has 4 nitrogen and oxygen atoms in total. The van der Waals surface area contributed by atoms with E-state index in [4.69, 9.17) is 0 Å². The van der Waals surface area contributed by atoms with Crippen molar-refractivity contribution in [3.05, 3.63) is 35.5 Å². The van der Waals surface area contributed by atoms with Crippen molar-refractivity contribution in [1.82, 2.24) is 9.99 Å². The molecule has 1 N–H and O–H groups in total. The Kier molecular flexibility index (Phi) is 1.83. The number of aryl methyl sites for hydroxylation is 1. The topological polar surface area (TPSA) is 46.4 Å². The molecule has 1 aromatic carbocycles. The summed E-state index contributed by atoms with van der Waals surface area (Å²) in [5.74, 6) is -0.0686. The molecule has 0 atom stereocenters. The first-order valence-corrected chi connectivity index (χ1v) is 5.15. The van der Waals surface area contributed by atoms with Crippen LogP contribution in [0.4, 0.5) is 0 Å². The van der Waals surface area contributed by atoms with Crippen molar-refractivity contribution in [3.8, 4) is 0 Å². The molecule has 0 bridgehead atoms. The molecule has 0 unspecified atom stereocenters. The highest BCUT2D eigenvalue weighted by atomic mass is 16.2. The van der Waals surface area contributed by atoms with E-state index in [2.05, 4.69) is 27.2 Å². The highest BCUT2D eigenvalue weighted by Crippen LogP contribution is 2.24. The Labute approximate surface area is 92.6 Å². The van der Waals surface area contributed by atoms with Gasteiger partial charge in [0.15, 0.2) is 0 Å². The average Bonchev–Trinajstić information content (AvgIpc) is 2.47. The number of amides is 1. The second kappa shape index (κ2) is 3.20. The first-order chi connectivity index (χ1) is 7.77. The van der Waals surface area contributed by atoms with E-state index in [9.17, 15) is 4.79 Å². The van der Waals surface area contributed by atoms with Crippen LogP contribution in [-0.2, 0) is 18.3 Å². The van der Waals surface area contributed by atoms with Gasteiger partial charge < -0.3 is 4.57 Å². The fraction of sp³-hybridized carbons (Fsp3) is 0.167. The zero-order valence-electron chi connectivity index (χ0n) is 8.90. The lowest BCUT2D eigenvalue weighted by molar-refractivity contribution is -0.120. The molecule has 16 heavy (non-hydrogen) atoms. The molecule has 4 heteroatoms. The number of hydrogen-bond donors (Lipinski definition) is 1. The molecule has 0 fully saturated rings. The molecule has 1 aromatic heterocycles. The number of para-hydroxylation sites is 1. The minimum Gasteiger partial charge on any atom is -0.346 e. The molecule has 3 rings (SSSR count). The maximum atomic E-state index is 11.4. The third kappa shape index (κ3) is 1.16. The molecule has 1 aliphatic heterocycles. The zero-order valence-corrected chi connectivity index (χ0v) is 8.90. The van der Waals surface area contributed by atoms with Crippen molar-refractivity contribution in [3.63, 3.8) is 0 Å². The highest BCUT2D eigenvalue weighted by molar-refractivity contribution is 6.03. The quantitative estimate of drug-likeness (QED) is 0.702. The number of hydrazone groups is 1. The predicted octanol–water partition coefficient (Wildman–Crippen LogP) is 1.18. The van der Waals surface area contributed by atoms with Gasteiger partial charge in [-0.3, -0.25) is 4.79 Å². The minimum atomic E-state index is -0.0686. The van der Waals surface area contributed by atoms with E-state index in [-0.39, 0.29) is 5.91 Å². The van der Waals surface area contributed by atoms with E-state index in [0.29, 0.717) is 6.42 Å². The fourth-order valence-corrected chi connectivity index (χ4v) is 2.19. The van der Waals surface area contributed by atoms with Gasteiger partial charge >= 0.3 is 0 Å². The number of nitrogens with zero attached hydrogens (tertiary/aromatic N) is 2. The number of hydrogen-bond acceptors (Lipinski definition) is 2. The van der Waals surface area contributed by atoms with Crippen LogP contribution < -0.4 is 5.43 Å². The third-order valence-corrected chi connectivity index (χ3v) is 2.98. The lowest BCUT2D eigenvalue weighted by Gasteiger charge is -2.02. The Hall–Kier alpha value is -2.10. The first kappa shape index (κ1) is 9.15. The Morgan fingerprint density at radius 1 is 1.38 bits per heavy atom. The van der Waals surface area contributed by atoms with Gasteiger partial charge in [-0.05, 0) is 6.07 Å². The van der Waals surface area contributed by atoms with E-state index in [1.54, 1.807) is 6.21 Å². The molecule has 0 spiro atoms. The summed E-state index contributed by atoms with van der Waals surface area (Å²) in [5, 5.41) is 5.06. The summed E-state index contributed by atoms with van der Waals surface area (Å²) in [4.78, 5) is 11.4. The summed E-state index contributed by atoms with van der Waals surface area (Å²) in [5.41, 5.74) is 5.67. The molecule has 0 saturated carbocycles. The van der Waals surface area contributed by atoms with Gasteiger partial charge in [-0.2, -0.15) is 5.10 Å². The van der Waals surface area contributed by atoms with Crippen molar-refractivity contribution in [1.29, 1.82) is 0 Å². The Bertz CT molecular complexity index is 610. The fourth-order valence-electron chi connectivity index (χ4n) is 2.19. The summed E-state index contributed by atoms with van der Waals surface area (Å²) in [6.45, 7) is 0. The number of carbonyl (C=O) groups is 1. The SMILES string of the molecule is Cn1c2c(c3ccccc31)C=NNC(=O)C2. The van der Waals surface area contributed by atoms with Crippen LogP contribution in [0.3, 0.4) is 0 Å². The van der Waals surface area contributed by atoms with Gasteiger partial charge in [-0.15, -0.1) is 0 Å². The number of carbonyl (C=O) groups excluding carboxylic acids is 1. The summed E-state index contributed by atoms with van der Waals surface area (Å²) in [6.07, 6.45) is 2.10. The molecule has 1 aliphatic rings. The number of fused-ring (bicyclic) bond motifs is 3. The van der Waals surface area contributed by atoms with Gasteiger partial charge in [0.1, 0.15) is 0 Å². The number of benzene rings is 1. The van der Waals surface area contributed by atoms with Crippen molar-refractivity contribution in [2.45, 2.75) is 6.42 Å². The van der Waals surface area contributed by atoms with E-state index in [0.717, 1.165) is 22.2 Å². The maximum absolute atomic E-state index is 11.4. The zero-order chi connectivity index (χ0) is 11.1. The highest BCUT2D eigenvalue weighted by Gasteiger charge is 2.17. The van der Waals surface area contributed by atoms with E-state index < -0.39 is 0 Å². The average molecular weight is 213 g/mol. The molecular formula is C12H11N3O. The molecule has 0 radical (unpaired) electrons. The second-order valence-electron chi connectivity index (χ2n) is 3.91. The maximum Gasteiger partial charge on any atom is 0.246 e. The Morgan fingerprint density at radius 2 is 2.19 bits per heavy atom. The van der Waals surface area contributed by atoms with Crippen LogP contribution in [0.2, 0.25) is 0 Å². The van der Waals surface area contributed by atoms with Crippen molar-refractivity contribution in [2.75, 3.05) is 0 Å². The largest absolute Gasteiger partial charge is 0.346 e. The first-order valence-electron chi connectivity index (χ1n) is 5.15. The Balaban J connectivity index is 2.39. The lowest BCUT2D eigenvalue weighted by atomic mass is 10.1. The molecule has 2 aromatic rings. The van der Waals surface area contributed by atoms with Crippen molar-refractivity contribution < 1.29 is 4.79 Å². The predicted molar refractivity (Wildman–Crippen MR) is 62.4 cm³/mol. The third-order valence-electron chi connectivity index (χ3n) is 2.98. The number of nitrogens with one attached hydrogen (secondary N) is 1. The molecule has 1 amide bonds. The van der Waals surface area contributed by atoms with Crippen LogP contribution in [0, 0.1) is 0 Å². The van der Waals surface area contributed by atoms with Gasteiger partial charge in [0.2, 0.25) is 5.91 Å². The second-order valence-corrected chi connectivity index (χ2v) is 3.91. The molecule has 2 heterocycles. The summed E-state index contributed by atoms with van der Waals surface area (Å²) in [7, 11) is 1.98. The van der Waals surface area contributed by atoms with E-state index in [1.165, 1.54) is 0 Å². The molecule has 80 valence electrons. The van der Waals surface area contributed by atoms with Crippen LogP contribution in [0.5, 0.6) is 0 Å². The van der Waals surface area contributed by atoms with Crippen LogP contribution in [0.1, 0.15) is 11.3 Å². The van der Waals surface area contributed by atoms with Crippen molar-refractivity contribution >= 4 is 23.0 Å². The van der Waals surface area contributed by atoms with Crippen LogP contribution >= 0.6 is 0 Å². The molecular weight excluding hydrogens is 202 g/mol. The Morgan fingerprint density at radius 3 is 3.06 bits per heavy atom. The monoisotopic (exact) mass is 213 g/mol. The van der Waals surface area contributed by atoms with Gasteiger partial charge in [0, 0.05) is 29.2 Å². The van der Waals surface area contributed by atoms with E-state index >= 15 is 0 Å². The summed E-state index contributed by atoms with van der Waals surface area (Å²) >= 11 is 0. The van der Waals surface area contributed by atoms with Gasteiger partial charge in [-0.25, -0.2) is 5.43 Å². The van der Waals surface area contributed by atoms with E-state index in [1.807, 2.05) is 19.2 Å². The summed E-state index contributed by atoms with van der Waals surface area (Å²) < 4.78 is 2.06. The smallest absolute Gasteiger partial charge is 0.246 e. The summed E-state index contributed by atoms with van der Waals surface area (Å²) in [6, 6.07) is 8.10. The van der Waals surface area contributed by atoms with Crippen LogP contribution in [0.15, 0.2) is 29.4 Å². The molecule has 0 aliphatic carbocycles. The normalized spacial score (nSPS) is 14.7. The lowest BCUT2D eigenvalue weighted by Crippen LogP contribution is -2.19. The van der Waals surface area contributed by atoms with Gasteiger partial charge in [-0.1, -0.05) is 18.2 Å². The van der Waals surface area contributed by atoms with Crippen LogP contribution in [-0.4, -0.2) is 16.7 Å². The standard InChI is InChI=1S/C12H11N3O/c1-15-10-5-3-2-4-8(10)9-7-13-14-12(16)6-11(9)15/h2-5,7H,6H2,1H3,(H,14,16). The van der Waals surface area contributed by atoms with Gasteiger partial charge in [0.05, 0.1) is 12.6 Å². The molecule has 0 saturated heterocycles. The van der Waals surface area contributed by atoms with Crippen molar-refractivity contribution in [2.24, 2.45) is 12.1 Å². The van der Waals surface area contributed by atoms with Crippen LogP contribution in [0.25, 0.3) is 10.9 Å². The minimum absolute atomic E-state index is 0.0686. The number of aromatic nitrogens is 1. The van der Waals surface area contributed by atoms with Gasteiger partial charge in [0.25, 0.3) is 0 Å². The number of rotatable bonds is 0.